The first kappa shape index (κ1) is 35.4. The van der Waals surface area contributed by atoms with Crippen molar-refractivity contribution >= 4 is 81.5 Å². The van der Waals surface area contributed by atoms with Crippen molar-refractivity contribution < 1.29 is 38.4 Å². The highest BCUT2D eigenvalue weighted by molar-refractivity contribution is 8.00. The molecule has 0 radical (unpaired) electrons. The molecule has 0 aliphatic carbocycles. The molecule has 2 amide bonds. The van der Waals surface area contributed by atoms with Gasteiger partial charge in [-0.2, -0.15) is 0 Å². The molecule has 5 heterocycles. The Kier molecular flexibility index (Phi) is 12.6. The first-order valence-electron chi connectivity index (χ1n) is 13.7. The number of carbonyl (C=O) groups is 3. The number of hydrogen-bond donors (Lipinski definition) is 3. The molecule has 0 aromatic carbocycles. The van der Waals surface area contributed by atoms with E-state index in [1.54, 1.807) is 24.0 Å². The molecule has 3 aromatic rings. The van der Waals surface area contributed by atoms with Crippen LogP contribution in [-0.2, 0) is 35.2 Å². The molecule has 5 N–H and O–H groups in total. The molecule has 16 nitrogen and oxygen atoms in total. The summed E-state index contributed by atoms with van der Waals surface area (Å²) >= 11 is 3.98. The zero-order valence-electron chi connectivity index (χ0n) is 24.5. The van der Waals surface area contributed by atoms with Gasteiger partial charge in [-0.05, 0) is 6.07 Å². The number of nitrogens with one attached hydrogen (secondary N) is 1. The van der Waals surface area contributed by atoms with E-state index in [1.807, 2.05) is 16.7 Å². The Balaban J connectivity index is 0.00000480. The number of nitrogen functional groups attached to an aromatic ring is 1. The maximum Gasteiger partial charge on any atom is 0.307 e. The largest absolute Gasteiger partial charge is 0.543 e. The Morgan fingerprint density at radius 1 is 1.28 bits per heavy atom. The van der Waals surface area contributed by atoms with E-state index in [1.165, 1.54) is 28.9 Å². The van der Waals surface area contributed by atoms with Crippen LogP contribution in [0.5, 0.6) is 0 Å². The third kappa shape index (κ3) is 7.91. The number of oxime groups is 1. The molecule has 2 atom stereocenters. The number of β-lactam (4-membered cyclic amide) rings is 1. The second-order valence-electron chi connectivity index (χ2n) is 9.59. The van der Waals surface area contributed by atoms with Crippen LogP contribution in [0.25, 0.3) is 5.65 Å². The van der Waals surface area contributed by atoms with Crippen LogP contribution in [0, 0.1) is 0 Å². The van der Waals surface area contributed by atoms with Crippen molar-refractivity contribution in [2.45, 2.75) is 23.0 Å². The molecule has 46 heavy (non-hydrogen) atoms. The number of ether oxygens (including phenoxy) is 2. The third-order valence-corrected chi connectivity index (χ3v) is 9.61. The lowest BCUT2D eigenvalue weighted by Crippen LogP contribution is -2.71. The minimum atomic E-state index is -1.47. The summed E-state index contributed by atoms with van der Waals surface area (Å²) in [7, 11) is 1.56. The number of carboxylic acid groups (broad SMARTS) is 1. The van der Waals surface area contributed by atoms with Crippen molar-refractivity contribution in [3.63, 3.8) is 0 Å². The van der Waals surface area contributed by atoms with Crippen LogP contribution < -0.4 is 26.5 Å². The van der Waals surface area contributed by atoms with Crippen molar-refractivity contribution in [3.05, 3.63) is 46.9 Å². The second kappa shape index (κ2) is 16.4. The van der Waals surface area contributed by atoms with Crippen LogP contribution in [0.15, 0.2) is 51.4 Å². The standard InChI is InChI=1S/C26H31N9O7S3.ClH/c1-40-7-8-41-9-10-42-32-19(16-14-45-26(28)29-16)22(36)30-20-23(37)35-21(25(38)39)15(13-44-24(20)35)12-33-5-6-34-18(33)3-2-17(31-34)43-11-4-27;/h2-3,5-6,14,20,24H,4,7-13,27H2,1H3,(H3-,28,29,30,36,38,39);1H/b32-19-;/t20-,24-;/m1./s1. The zero-order chi connectivity index (χ0) is 31.9. The van der Waals surface area contributed by atoms with Gasteiger partial charge in [-0.1, -0.05) is 10.3 Å². The van der Waals surface area contributed by atoms with Crippen molar-refractivity contribution in [1.82, 2.24) is 24.8 Å². The summed E-state index contributed by atoms with van der Waals surface area (Å²) in [6, 6.07) is 2.75. The van der Waals surface area contributed by atoms with Crippen LogP contribution in [0.4, 0.5) is 5.13 Å². The number of aliphatic carboxylic acids is 1. The topological polar surface area (TPSA) is 216 Å². The fourth-order valence-electron chi connectivity index (χ4n) is 4.60. The number of hydrogen-bond acceptors (Lipinski definition) is 15. The average Bonchev–Trinajstić information content (AvgIpc) is 3.65. The van der Waals surface area contributed by atoms with Gasteiger partial charge in [0.25, 0.3) is 11.8 Å². The highest BCUT2D eigenvalue weighted by Gasteiger charge is 2.53. The molecular formula is C26H32ClN9O7S3. The maximum absolute atomic E-state index is 13.3. The monoisotopic (exact) mass is 713 g/mol. The summed E-state index contributed by atoms with van der Waals surface area (Å²) in [5, 5.41) is 25.4. The third-order valence-electron chi connectivity index (χ3n) is 6.64. The van der Waals surface area contributed by atoms with Gasteiger partial charge >= 0.3 is 5.65 Å². The van der Waals surface area contributed by atoms with E-state index in [9.17, 15) is 19.5 Å². The van der Waals surface area contributed by atoms with Gasteiger partial charge < -0.3 is 41.0 Å². The molecule has 1 fully saturated rings. The van der Waals surface area contributed by atoms with E-state index in [4.69, 9.17) is 25.8 Å². The molecule has 2 aliphatic heterocycles. The predicted molar refractivity (Wildman–Crippen MR) is 171 cm³/mol. The molecular weight excluding hydrogens is 682 g/mol. The Labute approximate surface area is 281 Å². The molecule has 2 aliphatic rings. The minimum Gasteiger partial charge on any atom is -0.543 e. The highest BCUT2D eigenvalue weighted by atomic mass is 35.5. The lowest BCUT2D eigenvalue weighted by Gasteiger charge is -2.50. The van der Waals surface area contributed by atoms with Crippen molar-refractivity contribution in [3.8, 4) is 0 Å². The summed E-state index contributed by atoms with van der Waals surface area (Å²) < 4.78 is 13.8. The summed E-state index contributed by atoms with van der Waals surface area (Å²) in [5.74, 6) is -1.76. The first-order chi connectivity index (χ1) is 21.8. The van der Waals surface area contributed by atoms with Gasteiger partial charge in [-0.3, -0.25) is 14.5 Å². The molecule has 248 valence electrons. The number of anilines is 1. The number of carbonyl (C=O) groups excluding carboxylic acids is 3. The number of thioether (sulfide) groups is 2. The molecule has 3 aromatic heterocycles. The van der Waals surface area contributed by atoms with Gasteiger partial charge in [0.05, 0.1) is 31.5 Å². The number of rotatable bonds is 16. The van der Waals surface area contributed by atoms with E-state index < -0.39 is 29.2 Å². The Morgan fingerprint density at radius 2 is 2.09 bits per heavy atom. The fourth-order valence-corrected chi connectivity index (χ4v) is 7.12. The summed E-state index contributed by atoms with van der Waals surface area (Å²) in [6.45, 7) is 1.79. The SMILES string of the molecule is COCCOCCO/N=C(\C(=O)N[C@@H]1C(=O)N2C(C(=O)[O-])=C(C[n+]3ccn4nc(SCCN)ccc43)CS[C@H]12)c1csc(N)n1.Cl. The molecule has 0 saturated carbocycles. The number of amides is 2. The van der Waals surface area contributed by atoms with E-state index in [-0.39, 0.29) is 54.4 Å². The number of imidazole rings is 1. The number of carboxylic acids is 1. The Hall–Kier alpha value is -3.46. The van der Waals surface area contributed by atoms with Gasteiger partial charge in [-0.15, -0.1) is 51.8 Å². The quantitative estimate of drug-likeness (QED) is 0.0390. The molecule has 0 unspecified atom stereocenters. The van der Waals surface area contributed by atoms with Gasteiger partial charge in [0, 0.05) is 42.2 Å². The van der Waals surface area contributed by atoms with Crippen LogP contribution in [0.3, 0.4) is 0 Å². The van der Waals surface area contributed by atoms with Crippen LogP contribution in [0.1, 0.15) is 5.69 Å². The van der Waals surface area contributed by atoms with Crippen molar-refractivity contribution in [2.24, 2.45) is 10.9 Å². The molecule has 5 rings (SSSR count). The van der Waals surface area contributed by atoms with Crippen molar-refractivity contribution in [2.75, 3.05) is 57.3 Å². The van der Waals surface area contributed by atoms with Crippen LogP contribution in [-0.4, -0.2) is 106 Å². The van der Waals surface area contributed by atoms with Gasteiger partial charge in [0.15, 0.2) is 17.0 Å². The first-order valence-corrected chi connectivity index (χ1v) is 16.6. The van der Waals surface area contributed by atoms with E-state index in [0.717, 1.165) is 32.7 Å². The molecule has 20 heteroatoms. The van der Waals surface area contributed by atoms with E-state index in [2.05, 4.69) is 20.6 Å². The number of methoxy groups -OCH3 is 1. The van der Waals surface area contributed by atoms with E-state index >= 15 is 0 Å². The summed E-state index contributed by atoms with van der Waals surface area (Å²) in [4.78, 5) is 49.4. The van der Waals surface area contributed by atoms with Crippen LogP contribution >= 0.6 is 47.3 Å². The Bertz CT molecular complexity index is 1630. The number of fused-ring (bicyclic) bond motifs is 2. The number of aromatic nitrogens is 4. The van der Waals surface area contributed by atoms with E-state index in [0.29, 0.717) is 31.1 Å². The summed E-state index contributed by atoms with van der Waals surface area (Å²) in [6.07, 6.45) is 3.56. The lowest BCUT2D eigenvalue weighted by atomic mass is 10.0. The highest BCUT2D eigenvalue weighted by Crippen LogP contribution is 2.40. The lowest BCUT2D eigenvalue weighted by molar-refractivity contribution is -0.662. The number of halogens is 1. The average molecular weight is 714 g/mol. The predicted octanol–water partition coefficient (Wildman–Crippen LogP) is -1.38. The molecule has 0 bridgehead atoms. The van der Waals surface area contributed by atoms with Gasteiger partial charge in [0.2, 0.25) is 0 Å². The number of thiazole rings is 1. The second-order valence-corrected chi connectivity index (χ2v) is 12.7. The minimum absolute atomic E-state index is 0. The maximum atomic E-state index is 13.3. The molecule has 0 spiro atoms. The normalized spacial score (nSPS) is 17.8. The number of nitrogens with zero attached hydrogens (tertiary/aromatic N) is 6. The smallest absolute Gasteiger partial charge is 0.307 e. The van der Waals surface area contributed by atoms with Gasteiger partial charge in [0.1, 0.15) is 41.5 Å². The summed E-state index contributed by atoms with van der Waals surface area (Å²) in [5.41, 5.74) is 12.4. The number of nitrogens with two attached hydrogens (primary N) is 2. The fraction of sp³-hybridized carbons (Fsp3) is 0.423. The zero-order valence-corrected chi connectivity index (χ0v) is 27.8. The van der Waals surface area contributed by atoms with Crippen molar-refractivity contribution in [1.29, 1.82) is 0 Å². The van der Waals surface area contributed by atoms with Crippen LogP contribution in [0.2, 0.25) is 0 Å². The Morgan fingerprint density at radius 3 is 2.80 bits per heavy atom. The molecule has 1 saturated heterocycles. The van der Waals surface area contributed by atoms with Gasteiger partial charge in [-0.25, -0.2) is 9.55 Å².